The van der Waals surface area contributed by atoms with Crippen molar-refractivity contribution in [2.24, 2.45) is 10.8 Å². The van der Waals surface area contributed by atoms with Crippen LogP contribution in [0.2, 0.25) is 0 Å². The first-order valence-corrected chi connectivity index (χ1v) is 30.0. The predicted octanol–water partition coefficient (Wildman–Crippen LogP) is 2.85. The van der Waals surface area contributed by atoms with Crippen LogP contribution < -0.4 is 107 Å². The van der Waals surface area contributed by atoms with Gasteiger partial charge in [-0.25, -0.2) is 0 Å². The molecule has 6 aromatic carbocycles. The summed E-state index contributed by atoms with van der Waals surface area (Å²) in [6, 6.07) is 38.0. The van der Waals surface area contributed by atoms with Gasteiger partial charge in [-0.05, 0) is 134 Å². The number of hydrogen-bond acceptors (Lipinski definition) is 14. The first-order valence-electron chi connectivity index (χ1n) is 25.8. The van der Waals surface area contributed by atoms with E-state index in [1.54, 1.807) is 27.5 Å². The molecule has 18 heteroatoms. The quantitative estimate of drug-likeness (QED) is 0.0803. The summed E-state index contributed by atoms with van der Waals surface area (Å²) in [5.74, 6) is 2.09. The van der Waals surface area contributed by atoms with Gasteiger partial charge >= 0.3 is 59.1 Å². The molecule has 0 radical (unpaired) electrons. The molecule has 10 rings (SSSR count). The fourth-order valence-corrected chi connectivity index (χ4v) is 14.0. The molecule has 78 heavy (non-hydrogen) atoms. The van der Waals surface area contributed by atoms with Crippen LogP contribution >= 0.6 is 15.6 Å². The number of fused-ring (bicyclic) bond motifs is 4. The van der Waals surface area contributed by atoms with Crippen molar-refractivity contribution in [3.05, 3.63) is 166 Å². The van der Waals surface area contributed by atoms with E-state index < -0.39 is 49.2 Å². The van der Waals surface area contributed by atoms with Crippen LogP contribution in [0.5, 0.6) is 46.0 Å². The fraction of sp³-hybridized carbons (Fsp3) is 0.367. The number of methoxy groups -OCH3 is 2. The van der Waals surface area contributed by atoms with E-state index in [9.17, 15) is 28.9 Å². The van der Waals surface area contributed by atoms with Gasteiger partial charge in [-0.1, -0.05) is 98.8 Å². The van der Waals surface area contributed by atoms with Crippen molar-refractivity contribution < 1.29 is 126 Å². The van der Waals surface area contributed by atoms with Gasteiger partial charge < -0.3 is 66.8 Å². The van der Waals surface area contributed by atoms with Crippen LogP contribution in [0.4, 0.5) is 0 Å². The van der Waals surface area contributed by atoms with E-state index in [0.29, 0.717) is 59.2 Å². The van der Waals surface area contributed by atoms with Crippen LogP contribution in [0.1, 0.15) is 84.0 Å². The molecule has 6 aromatic rings. The first-order chi connectivity index (χ1) is 36.8. The first kappa shape index (κ1) is 60.8. The number of carbonyl (C=O) groups excluding carboxylic acids is 2. The molecule has 14 nitrogen and oxygen atoms in total. The van der Waals surface area contributed by atoms with Crippen LogP contribution in [0, 0.1) is 10.8 Å². The second-order valence-corrected chi connectivity index (χ2v) is 23.6. The van der Waals surface area contributed by atoms with Gasteiger partial charge in [0.2, 0.25) is 13.6 Å². The summed E-state index contributed by atoms with van der Waals surface area (Å²) in [4.78, 5) is 27.1. The molecule has 0 saturated carbocycles. The molecule has 4 aliphatic rings. The summed E-state index contributed by atoms with van der Waals surface area (Å²) in [6.45, 7) is 8.58. The molecule has 6 atom stereocenters. The average Bonchev–Trinajstić information content (AvgIpc) is 4.31. The maximum atomic E-state index is 13.5. The Bertz CT molecular complexity index is 2970. The Balaban J connectivity index is 0.000000220. The monoisotopic (exact) mass is 1120 g/mol. The zero-order valence-electron chi connectivity index (χ0n) is 45.7. The second kappa shape index (κ2) is 25.7. The molecule has 0 spiro atoms. The van der Waals surface area contributed by atoms with Gasteiger partial charge in [0.15, 0.2) is 46.0 Å². The average molecular weight is 1120 g/mol. The van der Waals surface area contributed by atoms with Crippen molar-refractivity contribution in [1.82, 2.24) is 0 Å². The fourth-order valence-electron chi connectivity index (χ4n) is 12.4. The Morgan fingerprint density at radius 3 is 1.23 bits per heavy atom. The van der Waals surface area contributed by atoms with Gasteiger partial charge in [0, 0.05) is 33.9 Å². The molecule has 0 amide bonds. The van der Waals surface area contributed by atoms with Crippen LogP contribution in [0.15, 0.2) is 121 Å². The third-order valence-electron chi connectivity index (χ3n) is 15.6. The van der Waals surface area contributed by atoms with Gasteiger partial charge in [-0.3, -0.25) is 0 Å². The predicted molar refractivity (Wildman–Crippen MR) is 286 cm³/mol. The van der Waals surface area contributed by atoms with E-state index in [1.807, 2.05) is 135 Å². The number of rotatable bonds is 20. The van der Waals surface area contributed by atoms with Crippen molar-refractivity contribution in [1.29, 1.82) is 0 Å². The number of benzene rings is 6. The summed E-state index contributed by atoms with van der Waals surface area (Å²) < 4.78 is 71.3. The molecule has 0 saturated heterocycles. The van der Waals surface area contributed by atoms with Crippen LogP contribution in [0.3, 0.4) is 0 Å². The van der Waals surface area contributed by atoms with Gasteiger partial charge in [-0.2, -0.15) is 0 Å². The van der Waals surface area contributed by atoms with E-state index in [1.165, 1.54) is 0 Å². The molecule has 0 N–H and O–H groups in total. The topological polar surface area (TPSA) is 188 Å². The summed E-state index contributed by atoms with van der Waals surface area (Å²) in [7, 11) is -0.811. The zero-order chi connectivity index (χ0) is 53.8. The Labute approximate surface area is 502 Å². The number of hydrogen-bond donors (Lipinski definition) is 0. The van der Waals surface area contributed by atoms with E-state index in [0.717, 1.165) is 57.3 Å². The van der Waals surface area contributed by atoms with Crippen molar-refractivity contribution in [3.63, 3.8) is 0 Å². The molecule has 0 fully saturated rings. The summed E-state index contributed by atoms with van der Waals surface area (Å²) in [6.07, 6.45) is 2.77. The van der Waals surface area contributed by atoms with Gasteiger partial charge in [0.1, 0.15) is 0 Å². The minimum Gasteiger partial charge on any atom is -0.549 e. The summed E-state index contributed by atoms with van der Waals surface area (Å²) in [5, 5.41) is 27.1. The third kappa shape index (κ3) is 10.4. The third-order valence-corrected chi connectivity index (χ3v) is 17.5. The molecule has 6 unspecified atom stereocenters. The number of carboxylic acid groups (broad SMARTS) is 2. The summed E-state index contributed by atoms with van der Waals surface area (Å²) >= 11 is 0. The maximum Gasteiger partial charge on any atom is 1.00 e. The molecule has 2 aliphatic heterocycles. The molecular formula is C60H64Na2O14P2. The standard InChI is InChI=1S/2C30H33O7P.2Na/c2*1-4-15-35-25-13-11-23-22(27(25)34-2)18-29(28(31)32,14-16-38(3)33)30(23,20-8-6-5-7-9-20)21-10-12-24-26(17-21)37-19-36-24;;/h2*5-13,17,38H,4,14-16,18-19H2,1-3H3,(H,31,32);;/q;;2*+1/p-2. The number of carbonyl (C=O) groups is 2. The molecule has 0 aromatic heterocycles. The molecule has 400 valence electrons. The van der Waals surface area contributed by atoms with Crippen molar-refractivity contribution in [2.45, 2.75) is 63.2 Å². The van der Waals surface area contributed by atoms with Crippen LogP contribution in [-0.4, -0.2) is 78.6 Å². The Hall–Kier alpha value is -4.88. The normalized spacial score (nSPS) is 21.5. The van der Waals surface area contributed by atoms with E-state index >= 15 is 0 Å². The number of aliphatic carboxylic acids is 2. The smallest absolute Gasteiger partial charge is 0.549 e. The van der Waals surface area contributed by atoms with Gasteiger partial charge in [0.05, 0.1) is 53.9 Å². The van der Waals surface area contributed by atoms with Crippen molar-refractivity contribution in [2.75, 3.05) is 66.7 Å². The maximum absolute atomic E-state index is 13.5. The largest absolute Gasteiger partial charge is 1.00 e. The Kier molecular flexibility index (Phi) is 20.0. The van der Waals surface area contributed by atoms with Gasteiger partial charge in [-0.15, -0.1) is 0 Å². The number of ether oxygens (including phenoxy) is 8. The molecule has 0 bridgehead atoms. The SMILES string of the molecule is CCCOc1ccc2c(c1OC)CC(CC[PH](C)=O)(C(=O)[O-])C2(c1ccccc1)c1ccc2c(c1)OCO2.CCCOc1ccc2c(c1OC)CC(CC[PH](C)=O)(C(=O)[O-])C2(c1ccccc1)c1ccc2c(c1)OCO2.[Na+].[Na+]. The molecule has 2 heterocycles. The van der Waals surface area contributed by atoms with Crippen LogP contribution in [-0.2, 0) is 42.4 Å². The molecular weight excluding hydrogens is 1050 g/mol. The summed E-state index contributed by atoms with van der Waals surface area (Å²) in [5.41, 5.74) is 0.857. The second-order valence-electron chi connectivity index (χ2n) is 19.8. The van der Waals surface area contributed by atoms with Crippen molar-refractivity contribution >= 4 is 27.5 Å². The van der Waals surface area contributed by atoms with E-state index in [-0.39, 0.29) is 111 Å². The van der Waals surface area contributed by atoms with Crippen molar-refractivity contribution in [3.8, 4) is 46.0 Å². The van der Waals surface area contributed by atoms with E-state index in [2.05, 4.69) is 0 Å². The van der Waals surface area contributed by atoms with Gasteiger partial charge in [0.25, 0.3) is 0 Å². The number of carboxylic acids is 2. The van der Waals surface area contributed by atoms with Crippen LogP contribution in [0.25, 0.3) is 0 Å². The molecule has 2 aliphatic carbocycles. The Morgan fingerprint density at radius 1 is 0.526 bits per heavy atom. The minimum atomic E-state index is -1.98. The van der Waals surface area contributed by atoms with E-state index in [4.69, 9.17) is 37.9 Å². The Morgan fingerprint density at radius 2 is 0.897 bits per heavy atom. The zero-order valence-corrected chi connectivity index (χ0v) is 51.7. The minimum absolute atomic E-state index is 0.